The molecule has 0 aromatic carbocycles. The third-order valence-electron chi connectivity index (χ3n) is 6.30. The van der Waals surface area contributed by atoms with Crippen molar-refractivity contribution in [2.24, 2.45) is 0 Å². The number of ether oxygens (including phenoxy) is 2. The van der Waals surface area contributed by atoms with Crippen molar-refractivity contribution in [3.63, 3.8) is 0 Å². The molecular weight excluding hydrogens is 406 g/mol. The number of aromatic hydroxyl groups is 1. The summed E-state index contributed by atoms with van der Waals surface area (Å²) in [5.74, 6) is 1.51. The Hall–Kier alpha value is -3.13. The van der Waals surface area contributed by atoms with Crippen molar-refractivity contribution in [1.82, 2.24) is 15.0 Å². The first-order chi connectivity index (χ1) is 15.7. The number of aromatic nitrogens is 3. The molecule has 4 heterocycles. The van der Waals surface area contributed by atoms with Crippen LogP contribution in [0.25, 0.3) is 10.9 Å². The summed E-state index contributed by atoms with van der Waals surface area (Å²) in [4.78, 5) is 15.7. The largest absolute Gasteiger partial charge is 0.506 e. The molecule has 168 valence electrons. The van der Waals surface area contributed by atoms with Gasteiger partial charge in [0.25, 0.3) is 0 Å². The van der Waals surface area contributed by atoms with Crippen LogP contribution in [0.2, 0.25) is 0 Å². The molecule has 1 aliphatic carbocycles. The van der Waals surface area contributed by atoms with E-state index in [-0.39, 0.29) is 11.9 Å². The van der Waals surface area contributed by atoms with Crippen LogP contribution in [0.1, 0.15) is 31.2 Å². The van der Waals surface area contributed by atoms with Gasteiger partial charge >= 0.3 is 0 Å². The van der Waals surface area contributed by atoms with E-state index in [1.807, 2.05) is 24.5 Å². The molecule has 2 fully saturated rings. The highest BCUT2D eigenvalue weighted by Gasteiger charge is 2.25. The van der Waals surface area contributed by atoms with Crippen LogP contribution < -0.4 is 15.0 Å². The molecule has 2 aliphatic rings. The lowest BCUT2D eigenvalue weighted by atomic mass is 9.92. The fourth-order valence-electron chi connectivity index (χ4n) is 4.43. The number of fused-ring (bicyclic) bond motifs is 1. The van der Waals surface area contributed by atoms with Crippen molar-refractivity contribution in [2.45, 2.75) is 44.8 Å². The van der Waals surface area contributed by atoms with Gasteiger partial charge in [-0.25, -0.2) is 0 Å². The zero-order valence-corrected chi connectivity index (χ0v) is 18.3. The van der Waals surface area contributed by atoms with E-state index in [9.17, 15) is 5.11 Å². The van der Waals surface area contributed by atoms with Gasteiger partial charge in [-0.15, -0.1) is 0 Å². The highest BCUT2D eigenvalue weighted by Crippen LogP contribution is 2.33. The average Bonchev–Trinajstić information content (AvgIpc) is 2.82. The molecule has 0 bridgehead atoms. The van der Waals surface area contributed by atoms with Crippen LogP contribution in [0.3, 0.4) is 0 Å². The zero-order chi connectivity index (χ0) is 21.9. The zero-order valence-electron chi connectivity index (χ0n) is 18.3. The van der Waals surface area contributed by atoms with Gasteiger partial charge in [0.15, 0.2) is 0 Å². The molecular formula is C24H29N5O3. The second kappa shape index (κ2) is 9.16. The van der Waals surface area contributed by atoms with Crippen LogP contribution in [0, 0.1) is 6.92 Å². The van der Waals surface area contributed by atoms with Crippen molar-refractivity contribution >= 4 is 22.4 Å². The summed E-state index contributed by atoms with van der Waals surface area (Å²) in [7, 11) is 0. The van der Waals surface area contributed by atoms with Crippen LogP contribution in [0.4, 0.5) is 11.5 Å². The number of nitrogens with one attached hydrogen (secondary N) is 1. The van der Waals surface area contributed by atoms with Crippen molar-refractivity contribution in [3.05, 3.63) is 42.4 Å². The van der Waals surface area contributed by atoms with E-state index in [0.29, 0.717) is 25.1 Å². The van der Waals surface area contributed by atoms with Crippen LogP contribution in [-0.4, -0.2) is 58.5 Å². The lowest BCUT2D eigenvalue weighted by molar-refractivity contribution is 0.122. The lowest BCUT2D eigenvalue weighted by Crippen LogP contribution is -2.37. The first-order valence-electron chi connectivity index (χ1n) is 11.3. The molecule has 8 heteroatoms. The summed E-state index contributed by atoms with van der Waals surface area (Å²) in [6.07, 6.45) is 9.17. The molecule has 0 radical (unpaired) electrons. The fourth-order valence-corrected chi connectivity index (χ4v) is 4.43. The lowest BCUT2D eigenvalue weighted by Gasteiger charge is -2.31. The molecule has 8 nitrogen and oxygen atoms in total. The van der Waals surface area contributed by atoms with Crippen LogP contribution >= 0.6 is 0 Å². The van der Waals surface area contributed by atoms with Gasteiger partial charge in [-0.3, -0.25) is 9.97 Å². The summed E-state index contributed by atoms with van der Waals surface area (Å²) < 4.78 is 11.9. The monoisotopic (exact) mass is 435 g/mol. The molecule has 5 rings (SSSR count). The second-order valence-electron chi connectivity index (χ2n) is 8.57. The Kier molecular flexibility index (Phi) is 5.94. The van der Waals surface area contributed by atoms with E-state index in [1.54, 1.807) is 6.07 Å². The highest BCUT2D eigenvalue weighted by molar-refractivity contribution is 5.86. The van der Waals surface area contributed by atoms with Crippen molar-refractivity contribution in [3.8, 4) is 11.6 Å². The molecule has 3 aromatic rings. The molecule has 1 saturated heterocycles. The van der Waals surface area contributed by atoms with E-state index in [2.05, 4.69) is 27.1 Å². The Labute approximate surface area is 187 Å². The number of hydrogen-bond donors (Lipinski definition) is 2. The van der Waals surface area contributed by atoms with Gasteiger partial charge in [-0.1, -0.05) is 0 Å². The number of hydrogen-bond acceptors (Lipinski definition) is 8. The van der Waals surface area contributed by atoms with Crippen molar-refractivity contribution in [2.75, 3.05) is 36.5 Å². The maximum Gasteiger partial charge on any atom is 0.225 e. The molecule has 1 saturated carbocycles. The van der Waals surface area contributed by atoms with Crippen molar-refractivity contribution in [1.29, 1.82) is 0 Å². The van der Waals surface area contributed by atoms with Gasteiger partial charge in [-0.2, -0.15) is 4.98 Å². The number of aryl methyl sites for hydroxylation is 1. The van der Waals surface area contributed by atoms with Gasteiger partial charge in [-0.05, 0) is 50.3 Å². The molecule has 1 aliphatic heterocycles. The molecule has 0 unspecified atom stereocenters. The van der Waals surface area contributed by atoms with Crippen LogP contribution in [0.5, 0.6) is 11.6 Å². The second-order valence-corrected chi connectivity index (χ2v) is 8.57. The van der Waals surface area contributed by atoms with E-state index >= 15 is 0 Å². The predicted octanol–water partition coefficient (Wildman–Crippen LogP) is 3.68. The highest BCUT2D eigenvalue weighted by atomic mass is 16.5. The number of pyridine rings is 3. The molecule has 0 spiro atoms. The Morgan fingerprint density at radius 3 is 2.72 bits per heavy atom. The number of rotatable bonds is 5. The number of nitrogens with zero attached hydrogens (tertiary/aromatic N) is 4. The van der Waals surface area contributed by atoms with E-state index in [1.165, 1.54) is 11.8 Å². The normalized spacial score (nSPS) is 21.5. The minimum atomic E-state index is 0.0843. The molecule has 3 aromatic heterocycles. The number of morpholine rings is 1. The third kappa shape index (κ3) is 4.55. The van der Waals surface area contributed by atoms with E-state index in [4.69, 9.17) is 14.5 Å². The first kappa shape index (κ1) is 20.8. The van der Waals surface area contributed by atoms with Gasteiger partial charge in [0.1, 0.15) is 17.7 Å². The average molecular weight is 436 g/mol. The van der Waals surface area contributed by atoms with Crippen LogP contribution in [-0.2, 0) is 4.74 Å². The Morgan fingerprint density at radius 1 is 1.12 bits per heavy atom. The molecule has 0 atom stereocenters. The summed E-state index contributed by atoms with van der Waals surface area (Å²) >= 11 is 0. The van der Waals surface area contributed by atoms with E-state index < -0.39 is 0 Å². The summed E-state index contributed by atoms with van der Waals surface area (Å²) in [5.41, 5.74) is 3.09. The van der Waals surface area contributed by atoms with E-state index in [0.717, 1.165) is 61.2 Å². The smallest absolute Gasteiger partial charge is 0.225 e. The van der Waals surface area contributed by atoms with Gasteiger partial charge < -0.3 is 24.8 Å². The maximum atomic E-state index is 9.99. The van der Waals surface area contributed by atoms with Gasteiger partial charge in [0, 0.05) is 31.4 Å². The Morgan fingerprint density at radius 2 is 1.94 bits per heavy atom. The Balaban J connectivity index is 1.31. The fraction of sp³-hybridized carbons (Fsp3) is 0.458. The maximum absolute atomic E-state index is 9.99. The predicted molar refractivity (Wildman–Crippen MR) is 124 cm³/mol. The van der Waals surface area contributed by atoms with Gasteiger partial charge in [0.2, 0.25) is 5.88 Å². The minimum absolute atomic E-state index is 0.0843. The van der Waals surface area contributed by atoms with Crippen molar-refractivity contribution < 1.29 is 14.6 Å². The quantitative estimate of drug-likeness (QED) is 0.627. The van der Waals surface area contributed by atoms with Crippen LogP contribution in [0.15, 0.2) is 36.8 Å². The topological polar surface area (TPSA) is 92.6 Å². The summed E-state index contributed by atoms with van der Waals surface area (Å²) in [5, 5.41) is 14.4. The molecule has 2 N–H and O–H groups in total. The third-order valence-corrected chi connectivity index (χ3v) is 6.30. The SMILES string of the molecule is Cc1ccncc1NC1CCC(Oc2nc(N3CCOCC3)cc3ncc(O)cc23)CC1. The minimum Gasteiger partial charge on any atom is -0.506 e. The van der Waals surface area contributed by atoms with Gasteiger partial charge in [0.05, 0.1) is 42.2 Å². The standard InChI is InChI=1S/C24H29N5O3/c1-16-6-7-25-15-22(16)27-17-2-4-19(5-3-17)32-24-20-12-18(30)14-26-21(20)13-23(28-24)29-8-10-31-11-9-29/h6-7,12-15,17,19,27,30H,2-5,8-11H2,1H3. The molecule has 32 heavy (non-hydrogen) atoms. The Bertz CT molecular complexity index is 1080. The number of anilines is 2. The summed E-state index contributed by atoms with van der Waals surface area (Å²) in [6.45, 7) is 5.06. The summed E-state index contributed by atoms with van der Waals surface area (Å²) in [6, 6.07) is 6.09. The molecule has 0 amide bonds. The first-order valence-corrected chi connectivity index (χ1v) is 11.3.